The van der Waals surface area contributed by atoms with Gasteiger partial charge in [-0.2, -0.15) is 0 Å². The molecule has 29 heavy (non-hydrogen) atoms. The van der Waals surface area contributed by atoms with E-state index in [9.17, 15) is 8.42 Å². The Morgan fingerprint density at radius 1 is 0.828 bits per heavy atom. The Morgan fingerprint density at radius 2 is 1.34 bits per heavy atom. The average molecular weight is 410 g/mol. The number of sulfonamides is 1. The highest BCUT2D eigenvalue weighted by Gasteiger charge is 2.17. The molecule has 0 amide bonds. The number of hydrogen-bond donors (Lipinski definition) is 1. The van der Waals surface area contributed by atoms with E-state index in [1.54, 1.807) is 48.5 Å². The lowest BCUT2D eigenvalue weighted by Gasteiger charge is -2.23. The molecule has 3 rings (SSSR count). The van der Waals surface area contributed by atoms with E-state index in [-0.39, 0.29) is 10.3 Å². The molecule has 5 heteroatoms. The van der Waals surface area contributed by atoms with Crippen LogP contribution in [0.3, 0.4) is 0 Å². The van der Waals surface area contributed by atoms with E-state index in [1.807, 2.05) is 19.1 Å². The SMILES string of the molecule is CCC(C)(C)c1ccc(Oc2ccc(NS(=O)(=O)c3ccc(C)cc3)cc2)cc1. The first-order valence-corrected chi connectivity index (χ1v) is 11.2. The molecule has 0 spiro atoms. The standard InChI is InChI=1S/C24H27NO3S/c1-5-24(3,4)19-8-12-21(13-9-19)28-22-14-10-20(11-15-22)25-29(26,27)23-16-6-18(2)7-17-23/h6-17,25H,5H2,1-4H3. The average Bonchev–Trinajstić information content (AvgIpc) is 2.70. The number of hydrogen-bond acceptors (Lipinski definition) is 3. The summed E-state index contributed by atoms with van der Waals surface area (Å²) in [7, 11) is -3.61. The van der Waals surface area contributed by atoms with Gasteiger partial charge in [-0.3, -0.25) is 4.72 Å². The van der Waals surface area contributed by atoms with Crippen molar-refractivity contribution in [2.24, 2.45) is 0 Å². The van der Waals surface area contributed by atoms with Crippen LogP contribution in [0.5, 0.6) is 11.5 Å². The zero-order valence-electron chi connectivity index (χ0n) is 17.3. The minimum Gasteiger partial charge on any atom is -0.457 e. The molecule has 152 valence electrons. The number of anilines is 1. The molecule has 0 aromatic heterocycles. The Hall–Kier alpha value is -2.79. The van der Waals surface area contributed by atoms with Gasteiger partial charge in [0.1, 0.15) is 11.5 Å². The van der Waals surface area contributed by atoms with Crippen LogP contribution in [0, 0.1) is 6.92 Å². The second-order valence-corrected chi connectivity index (χ2v) is 9.49. The summed E-state index contributed by atoms with van der Waals surface area (Å²) in [5.74, 6) is 1.39. The fraction of sp³-hybridized carbons (Fsp3) is 0.250. The van der Waals surface area contributed by atoms with Gasteiger partial charge in [-0.15, -0.1) is 0 Å². The number of rotatable bonds is 7. The van der Waals surface area contributed by atoms with Gasteiger partial charge in [-0.25, -0.2) is 8.42 Å². The second-order valence-electron chi connectivity index (χ2n) is 7.81. The number of benzene rings is 3. The first-order chi connectivity index (χ1) is 13.7. The largest absolute Gasteiger partial charge is 0.457 e. The lowest BCUT2D eigenvalue weighted by Crippen LogP contribution is -2.14. The molecular formula is C24H27NO3S. The van der Waals surface area contributed by atoms with Crippen molar-refractivity contribution in [1.29, 1.82) is 0 Å². The molecule has 0 unspecified atom stereocenters. The summed E-state index contributed by atoms with van der Waals surface area (Å²) in [5, 5.41) is 0. The van der Waals surface area contributed by atoms with Crippen molar-refractivity contribution in [3.05, 3.63) is 83.9 Å². The maximum atomic E-state index is 12.5. The molecular weight excluding hydrogens is 382 g/mol. The third-order valence-electron chi connectivity index (χ3n) is 5.19. The summed E-state index contributed by atoms with van der Waals surface area (Å²) in [6.07, 6.45) is 1.06. The third-order valence-corrected chi connectivity index (χ3v) is 6.59. The molecule has 3 aromatic rings. The van der Waals surface area contributed by atoms with Gasteiger partial charge in [-0.1, -0.05) is 50.6 Å². The summed E-state index contributed by atoms with van der Waals surface area (Å²) in [6.45, 7) is 8.54. The van der Waals surface area contributed by atoms with Gasteiger partial charge in [0.15, 0.2) is 0 Å². The van der Waals surface area contributed by atoms with Crippen molar-refractivity contribution in [2.75, 3.05) is 4.72 Å². The van der Waals surface area contributed by atoms with E-state index in [1.165, 1.54) is 5.56 Å². The molecule has 0 aliphatic rings. The van der Waals surface area contributed by atoms with Gasteiger partial charge >= 0.3 is 0 Å². The van der Waals surface area contributed by atoms with E-state index in [2.05, 4.69) is 37.6 Å². The van der Waals surface area contributed by atoms with Crippen LogP contribution in [0.1, 0.15) is 38.3 Å². The smallest absolute Gasteiger partial charge is 0.261 e. The van der Waals surface area contributed by atoms with Crippen molar-refractivity contribution < 1.29 is 13.2 Å². The Morgan fingerprint density at radius 3 is 1.86 bits per heavy atom. The highest BCUT2D eigenvalue weighted by molar-refractivity contribution is 7.92. The van der Waals surface area contributed by atoms with Crippen molar-refractivity contribution in [3.63, 3.8) is 0 Å². The molecule has 0 fully saturated rings. The summed E-state index contributed by atoms with van der Waals surface area (Å²) in [4.78, 5) is 0.235. The van der Waals surface area contributed by atoms with Gasteiger partial charge in [0, 0.05) is 5.69 Å². The van der Waals surface area contributed by atoms with E-state index < -0.39 is 10.0 Å². The molecule has 0 saturated heterocycles. The maximum Gasteiger partial charge on any atom is 0.261 e. The van der Waals surface area contributed by atoms with Crippen molar-refractivity contribution in [2.45, 2.75) is 44.4 Å². The van der Waals surface area contributed by atoms with Gasteiger partial charge in [0.2, 0.25) is 0 Å². The summed E-state index contributed by atoms with van der Waals surface area (Å²) < 4.78 is 33.4. The minimum absolute atomic E-state index is 0.134. The molecule has 1 N–H and O–H groups in total. The Kier molecular flexibility index (Phi) is 5.99. The third kappa shape index (κ3) is 5.18. The highest BCUT2D eigenvalue weighted by atomic mass is 32.2. The number of nitrogens with one attached hydrogen (secondary N) is 1. The highest BCUT2D eigenvalue weighted by Crippen LogP contribution is 2.30. The summed E-state index contributed by atoms with van der Waals surface area (Å²) in [6, 6.07) is 21.7. The monoisotopic (exact) mass is 409 g/mol. The lowest BCUT2D eigenvalue weighted by atomic mass is 9.82. The van der Waals surface area contributed by atoms with Crippen LogP contribution in [0.25, 0.3) is 0 Å². The fourth-order valence-corrected chi connectivity index (χ4v) is 3.90. The second kappa shape index (κ2) is 8.29. The first-order valence-electron chi connectivity index (χ1n) is 9.67. The molecule has 0 aliphatic heterocycles. The van der Waals surface area contributed by atoms with Crippen LogP contribution >= 0.6 is 0 Å². The number of ether oxygens (including phenoxy) is 1. The molecule has 3 aromatic carbocycles. The van der Waals surface area contributed by atoms with Crippen molar-refractivity contribution in [3.8, 4) is 11.5 Å². The van der Waals surface area contributed by atoms with Crippen molar-refractivity contribution >= 4 is 15.7 Å². The first kappa shape index (κ1) is 20.9. The zero-order valence-corrected chi connectivity index (χ0v) is 18.1. The molecule has 0 radical (unpaired) electrons. The van der Waals surface area contributed by atoms with Crippen LogP contribution in [0.2, 0.25) is 0 Å². The van der Waals surface area contributed by atoms with Crippen LogP contribution in [-0.2, 0) is 15.4 Å². The van der Waals surface area contributed by atoms with E-state index in [0.29, 0.717) is 11.4 Å². The van der Waals surface area contributed by atoms with Gasteiger partial charge in [0.05, 0.1) is 4.90 Å². The Bertz CT molecular complexity index is 1050. The predicted octanol–water partition coefficient (Wildman–Crippen LogP) is 6.28. The zero-order chi connectivity index (χ0) is 21.1. The molecule has 0 heterocycles. The van der Waals surface area contributed by atoms with E-state index >= 15 is 0 Å². The predicted molar refractivity (Wildman–Crippen MR) is 118 cm³/mol. The van der Waals surface area contributed by atoms with Gasteiger partial charge in [-0.05, 0) is 72.9 Å². The molecule has 0 bridgehead atoms. The molecule has 0 saturated carbocycles. The summed E-state index contributed by atoms with van der Waals surface area (Å²) >= 11 is 0. The Balaban J connectivity index is 1.68. The van der Waals surface area contributed by atoms with E-state index in [4.69, 9.17) is 4.74 Å². The lowest BCUT2D eigenvalue weighted by molar-refractivity contribution is 0.478. The van der Waals surface area contributed by atoms with E-state index in [0.717, 1.165) is 17.7 Å². The molecule has 0 atom stereocenters. The fourth-order valence-electron chi connectivity index (χ4n) is 2.84. The van der Waals surface area contributed by atoms with Gasteiger partial charge in [0.25, 0.3) is 10.0 Å². The quantitative estimate of drug-likeness (QED) is 0.500. The normalized spacial score (nSPS) is 11.9. The summed E-state index contributed by atoms with van der Waals surface area (Å²) in [5.41, 5.74) is 2.90. The van der Waals surface area contributed by atoms with Crippen LogP contribution < -0.4 is 9.46 Å². The topological polar surface area (TPSA) is 55.4 Å². The molecule has 4 nitrogen and oxygen atoms in total. The number of aryl methyl sites for hydroxylation is 1. The van der Waals surface area contributed by atoms with Crippen LogP contribution in [0.4, 0.5) is 5.69 Å². The van der Waals surface area contributed by atoms with Crippen LogP contribution in [-0.4, -0.2) is 8.42 Å². The minimum atomic E-state index is -3.61. The van der Waals surface area contributed by atoms with Crippen LogP contribution in [0.15, 0.2) is 77.7 Å². The maximum absolute atomic E-state index is 12.5. The van der Waals surface area contributed by atoms with Gasteiger partial charge < -0.3 is 4.74 Å². The van der Waals surface area contributed by atoms with Crippen molar-refractivity contribution in [1.82, 2.24) is 0 Å². The Labute approximate surface area is 173 Å². The molecule has 0 aliphatic carbocycles.